The van der Waals surface area contributed by atoms with Crippen LogP contribution in [0.3, 0.4) is 0 Å². The Morgan fingerprint density at radius 2 is 1.81 bits per heavy atom. The molecule has 1 aromatic carbocycles. The second kappa shape index (κ2) is 7.07. The lowest BCUT2D eigenvalue weighted by Crippen LogP contribution is -2.58. The van der Waals surface area contributed by atoms with E-state index in [1.165, 1.54) is 6.42 Å². The maximum atomic E-state index is 13.5. The van der Waals surface area contributed by atoms with Gasteiger partial charge in [-0.15, -0.1) is 0 Å². The van der Waals surface area contributed by atoms with Crippen LogP contribution in [0.4, 0.5) is 0 Å². The fourth-order valence-corrected chi connectivity index (χ4v) is 8.86. The van der Waals surface area contributed by atoms with Crippen LogP contribution in [0.1, 0.15) is 84.1 Å². The van der Waals surface area contributed by atoms with Crippen LogP contribution < -0.4 is 0 Å². The second-order valence-corrected chi connectivity index (χ2v) is 12.2. The van der Waals surface area contributed by atoms with Gasteiger partial charge in [0.05, 0.1) is 5.41 Å². The zero-order valence-corrected chi connectivity index (χ0v) is 19.9. The van der Waals surface area contributed by atoms with E-state index < -0.39 is 5.41 Å². The minimum atomic E-state index is -0.459. The number of benzene rings is 1. The molecular weight excluding hydrogens is 408 g/mol. The standard InChI is InChI=1S/C27H35ClO3/c1-24-13-9-21-25(2)11-6-12-26(3,20(25)10-14-27(21,17-24)15-22(24)29)23(30)31-16-18-7-4-5-8-19(18)28/h4-5,7-8,20-21H,6,9-17H2,1-3H3/t20-,21-,24-,25+,26+,27-/m0/s1. The van der Waals surface area contributed by atoms with Crippen molar-refractivity contribution in [1.82, 2.24) is 0 Å². The van der Waals surface area contributed by atoms with Gasteiger partial charge in [-0.3, -0.25) is 9.59 Å². The first kappa shape index (κ1) is 21.5. The molecule has 0 saturated heterocycles. The molecule has 168 valence electrons. The molecule has 4 aliphatic rings. The second-order valence-electron chi connectivity index (χ2n) is 11.8. The van der Waals surface area contributed by atoms with Crippen LogP contribution >= 0.6 is 11.6 Å². The Labute approximate surface area is 191 Å². The number of fused-ring (bicyclic) bond motifs is 3. The summed E-state index contributed by atoms with van der Waals surface area (Å²) < 4.78 is 5.90. The molecule has 5 rings (SSSR count). The molecule has 2 bridgehead atoms. The number of ketones is 1. The molecule has 1 aromatic rings. The van der Waals surface area contributed by atoms with E-state index in [1.54, 1.807) is 0 Å². The van der Waals surface area contributed by atoms with E-state index in [0.29, 0.717) is 22.6 Å². The van der Waals surface area contributed by atoms with Crippen LogP contribution in [0.5, 0.6) is 0 Å². The van der Waals surface area contributed by atoms with E-state index in [0.717, 1.165) is 56.9 Å². The Kier molecular flexibility index (Phi) is 4.90. The van der Waals surface area contributed by atoms with Crippen molar-refractivity contribution in [3.63, 3.8) is 0 Å². The van der Waals surface area contributed by atoms with E-state index in [9.17, 15) is 9.59 Å². The lowest BCUT2D eigenvalue weighted by Gasteiger charge is -2.63. The van der Waals surface area contributed by atoms with Crippen LogP contribution in [0.25, 0.3) is 0 Å². The zero-order chi connectivity index (χ0) is 22.1. The van der Waals surface area contributed by atoms with Crippen molar-refractivity contribution < 1.29 is 14.3 Å². The number of rotatable bonds is 3. The molecule has 4 saturated carbocycles. The van der Waals surface area contributed by atoms with Gasteiger partial charge < -0.3 is 4.74 Å². The summed E-state index contributed by atoms with van der Waals surface area (Å²) in [6.07, 6.45) is 9.24. The number of halogens is 1. The minimum absolute atomic E-state index is 0.0672. The summed E-state index contributed by atoms with van der Waals surface area (Å²) in [5, 5.41) is 0.643. The predicted molar refractivity (Wildman–Crippen MR) is 122 cm³/mol. The highest BCUT2D eigenvalue weighted by Gasteiger charge is 2.68. The summed E-state index contributed by atoms with van der Waals surface area (Å²) in [6.45, 7) is 7.02. The van der Waals surface area contributed by atoms with Crippen molar-refractivity contribution in [1.29, 1.82) is 0 Å². The lowest BCUT2D eigenvalue weighted by molar-refractivity contribution is -0.188. The van der Waals surface area contributed by atoms with Gasteiger partial charge in [-0.25, -0.2) is 0 Å². The van der Waals surface area contributed by atoms with Crippen molar-refractivity contribution >= 4 is 23.4 Å². The van der Waals surface area contributed by atoms with Crippen molar-refractivity contribution in [3.05, 3.63) is 34.9 Å². The van der Waals surface area contributed by atoms with Gasteiger partial charge in [0, 0.05) is 22.4 Å². The molecule has 0 N–H and O–H groups in total. The minimum Gasteiger partial charge on any atom is -0.460 e. The molecule has 3 nitrogen and oxygen atoms in total. The highest BCUT2D eigenvalue weighted by atomic mass is 35.5. The first-order valence-corrected chi connectivity index (χ1v) is 12.4. The normalized spacial score (nSPS) is 43.8. The Morgan fingerprint density at radius 1 is 1.06 bits per heavy atom. The van der Waals surface area contributed by atoms with Gasteiger partial charge in [0.25, 0.3) is 0 Å². The van der Waals surface area contributed by atoms with Gasteiger partial charge in [-0.2, -0.15) is 0 Å². The van der Waals surface area contributed by atoms with E-state index in [4.69, 9.17) is 16.3 Å². The monoisotopic (exact) mass is 442 g/mol. The quantitative estimate of drug-likeness (QED) is 0.486. The first-order valence-electron chi connectivity index (χ1n) is 12.1. The first-order chi connectivity index (χ1) is 14.6. The van der Waals surface area contributed by atoms with Crippen molar-refractivity contribution in [2.45, 2.75) is 85.2 Å². The van der Waals surface area contributed by atoms with Crippen LogP contribution in [0.2, 0.25) is 5.02 Å². The summed E-state index contributed by atoms with van der Waals surface area (Å²) in [6, 6.07) is 7.57. The van der Waals surface area contributed by atoms with Crippen molar-refractivity contribution in [3.8, 4) is 0 Å². The SMILES string of the molecule is C[C@@]12CC[C@@H]3[C@@](CC[C@H]4[C@@]3(C)CCC[C@@]4(C)C(=O)OCc3ccccc3Cl)(CC1=O)C2. The fourth-order valence-electron chi connectivity index (χ4n) is 8.67. The van der Waals surface area contributed by atoms with E-state index in [1.807, 2.05) is 24.3 Å². The van der Waals surface area contributed by atoms with Gasteiger partial charge >= 0.3 is 5.97 Å². The number of esters is 1. The Hall–Kier alpha value is -1.35. The third-order valence-corrected chi connectivity index (χ3v) is 10.5. The molecule has 31 heavy (non-hydrogen) atoms. The van der Waals surface area contributed by atoms with Gasteiger partial charge in [-0.1, -0.05) is 50.1 Å². The number of carbonyl (C=O) groups is 2. The highest BCUT2D eigenvalue weighted by molar-refractivity contribution is 6.31. The van der Waals surface area contributed by atoms with E-state index in [-0.39, 0.29) is 28.8 Å². The number of hydrogen-bond acceptors (Lipinski definition) is 3. The number of hydrogen-bond donors (Lipinski definition) is 0. The largest absolute Gasteiger partial charge is 0.460 e. The molecule has 4 fully saturated rings. The Bertz CT molecular complexity index is 927. The molecule has 4 heteroatoms. The molecule has 4 aliphatic carbocycles. The summed E-state index contributed by atoms with van der Waals surface area (Å²) in [5.74, 6) is 1.30. The van der Waals surface area contributed by atoms with E-state index in [2.05, 4.69) is 20.8 Å². The van der Waals surface area contributed by atoms with E-state index >= 15 is 0 Å². The third-order valence-electron chi connectivity index (χ3n) is 10.1. The smallest absolute Gasteiger partial charge is 0.312 e. The molecule has 0 aliphatic heterocycles. The van der Waals surface area contributed by atoms with Crippen LogP contribution in [-0.4, -0.2) is 11.8 Å². The van der Waals surface area contributed by atoms with Crippen LogP contribution in [-0.2, 0) is 20.9 Å². The molecule has 1 spiro atoms. The number of ether oxygens (including phenoxy) is 1. The topological polar surface area (TPSA) is 43.4 Å². The average Bonchev–Trinajstić information content (AvgIpc) is 2.90. The molecular formula is C27H35ClO3. The molecule has 0 amide bonds. The maximum Gasteiger partial charge on any atom is 0.312 e. The Balaban J connectivity index is 1.40. The van der Waals surface area contributed by atoms with Crippen molar-refractivity contribution in [2.24, 2.45) is 33.5 Å². The lowest BCUT2D eigenvalue weighted by atomic mass is 9.40. The molecule has 0 radical (unpaired) electrons. The third kappa shape index (κ3) is 3.05. The van der Waals surface area contributed by atoms with Gasteiger partial charge in [0.1, 0.15) is 12.4 Å². The van der Waals surface area contributed by atoms with Gasteiger partial charge in [0.2, 0.25) is 0 Å². The molecule has 6 atom stereocenters. The van der Waals surface area contributed by atoms with Crippen molar-refractivity contribution in [2.75, 3.05) is 0 Å². The van der Waals surface area contributed by atoms with Crippen LogP contribution in [0, 0.1) is 33.5 Å². The fraction of sp³-hybridized carbons (Fsp3) is 0.704. The summed E-state index contributed by atoms with van der Waals surface area (Å²) >= 11 is 6.28. The average molecular weight is 443 g/mol. The molecule has 0 aromatic heterocycles. The Morgan fingerprint density at radius 3 is 2.58 bits per heavy atom. The summed E-state index contributed by atoms with van der Waals surface area (Å²) in [4.78, 5) is 26.4. The van der Waals surface area contributed by atoms with Crippen LogP contribution in [0.15, 0.2) is 24.3 Å². The molecule has 0 unspecified atom stereocenters. The summed E-state index contributed by atoms with van der Waals surface area (Å²) in [5.41, 5.74) is 0.596. The zero-order valence-electron chi connectivity index (χ0n) is 19.1. The molecule has 0 heterocycles. The van der Waals surface area contributed by atoms with Gasteiger partial charge in [0.15, 0.2) is 0 Å². The number of carbonyl (C=O) groups excluding carboxylic acids is 2. The highest BCUT2D eigenvalue weighted by Crippen LogP contribution is 2.73. The predicted octanol–water partition coefficient (Wildman–Crippen LogP) is 6.76. The van der Waals surface area contributed by atoms with Gasteiger partial charge in [-0.05, 0) is 80.6 Å². The number of Topliss-reactive ketones (excluding diaryl/α,β-unsaturated/α-hetero) is 1. The maximum absolute atomic E-state index is 13.5. The summed E-state index contributed by atoms with van der Waals surface area (Å²) in [7, 11) is 0.